The molecule has 0 aliphatic carbocycles. The monoisotopic (exact) mass is 350 g/mol. The quantitative estimate of drug-likeness (QED) is 0.759. The van der Waals surface area contributed by atoms with Crippen LogP contribution >= 0.6 is 0 Å². The highest BCUT2D eigenvalue weighted by Crippen LogP contribution is 2.15. The lowest BCUT2D eigenvalue weighted by atomic mass is 10.1. The molecule has 3 heterocycles. The number of likely N-dealkylation sites (tertiary alicyclic amines) is 2. The number of piperidine rings is 2. The summed E-state index contributed by atoms with van der Waals surface area (Å²) in [6.45, 7) is 9.84. The summed E-state index contributed by atoms with van der Waals surface area (Å²) in [5, 5.41) is 0. The molecule has 3 saturated heterocycles. The Labute approximate surface area is 152 Å². The van der Waals surface area contributed by atoms with Crippen molar-refractivity contribution in [2.24, 2.45) is 0 Å². The minimum absolute atomic E-state index is 0.0296. The summed E-state index contributed by atoms with van der Waals surface area (Å²) in [7, 11) is 0. The maximum absolute atomic E-state index is 12.7. The molecule has 0 aromatic heterocycles. The van der Waals surface area contributed by atoms with Gasteiger partial charge in [-0.25, -0.2) is 0 Å². The lowest BCUT2D eigenvalue weighted by molar-refractivity contribution is -0.139. The van der Waals surface area contributed by atoms with Gasteiger partial charge in [-0.15, -0.1) is 0 Å². The summed E-state index contributed by atoms with van der Waals surface area (Å²) in [6, 6.07) is -0.0296. The van der Waals surface area contributed by atoms with Crippen molar-refractivity contribution in [2.75, 3.05) is 58.9 Å². The largest absolute Gasteiger partial charge is 0.342 e. The summed E-state index contributed by atoms with van der Waals surface area (Å²) in [5.74, 6) is 0.572. The summed E-state index contributed by atoms with van der Waals surface area (Å²) in [4.78, 5) is 33.7. The number of carbonyl (C=O) groups excluding carboxylic acids is 2. The van der Waals surface area contributed by atoms with E-state index in [0.717, 1.165) is 78.0 Å². The SMILES string of the molecule is CC(C(=O)N1CCCCC1)N1CCN(CC(=O)N2CCCCC2)CC1. The second kappa shape index (κ2) is 8.99. The molecule has 0 aromatic carbocycles. The van der Waals surface area contributed by atoms with Gasteiger partial charge in [-0.3, -0.25) is 19.4 Å². The molecule has 25 heavy (non-hydrogen) atoms. The first-order valence-corrected chi connectivity index (χ1v) is 10.2. The van der Waals surface area contributed by atoms with Gasteiger partial charge in [0.05, 0.1) is 12.6 Å². The summed E-state index contributed by atoms with van der Waals surface area (Å²) >= 11 is 0. The van der Waals surface area contributed by atoms with Crippen molar-refractivity contribution in [2.45, 2.75) is 51.5 Å². The average molecular weight is 351 g/mol. The molecule has 1 unspecified atom stereocenters. The molecule has 0 aromatic rings. The molecule has 3 rings (SSSR count). The average Bonchev–Trinajstić information content (AvgIpc) is 2.69. The van der Waals surface area contributed by atoms with Crippen LogP contribution in [0, 0.1) is 0 Å². The molecular weight excluding hydrogens is 316 g/mol. The van der Waals surface area contributed by atoms with E-state index in [1.807, 2.05) is 16.7 Å². The first-order valence-electron chi connectivity index (χ1n) is 10.2. The van der Waals surface area contributed by atoms with Gasteiger partial charge in [0.15, 0.2) is 0 Å². The molecule has 0 spiro atoms. The second-order valence-electron chi connectivity index (χ2n) is 7.82. The van der Waals surface area contributed by atoms with Crippen molar-refractivity contribution in [1.29, 1.82) is 0 Å². The standard InChI is InChI=1S/C19H34N4O2/c1-17(19(25)23-10-6-3-7-11-23)21-14-12-20(13-15-21)16-18(24)22-8-4-2-5-9-22/h17H,2-16H2,1H3. The van der Waals surface area contributed by atoms with Crippen LogP contribution in [0.5, 0.6) is 0 Å². The minimum atomic E-state index is -0.0296. The van der Waals surface area contributed by atoms with E-state index >= 15 is 0 Å². The van der Waals surface area contributed by atoms with E-state index in [1.54, 1.807) is 0 Å². The molecule has 6 heteroatoms. The minimum Gasteiger partial charge on any atom is -0.342 e. The lowest BCUT2D eigenvalue weighted by Crippen LogP contribution is -2.56. The third-order valence-electron chi connectivity index (χ3n) is 6.05. The van der Waals surface area contributed by atoms with Gasteiger partial charge >= 0.3 is 0 Å². The van der Waals surface area contributed by atoms with Gasteiger partial charge in [0.25, 0.3) is 0 Å². The number of piperazine rings is 1. The molecule has 0 N–H and O–H groups in total. The van der Waals surface area contributed by atoms with Crippen molar-refractivity contribution in [3.63, 3.8) is 0 Å². The Morgan fingerprint density at radius 2 is 1.24 bits per heavy atom. The molecule has 3 aliphatic heterocycles. The Balaban J connectivity index is 1.41. The van der Waals surface area contributed by atoms with Crippen LogP contribution in [0.15, 0.2) is 0 Å². The fourth-order valence-electron chi connectivity index (χ4n) is 4.28. The van der Waals surface area contributed by atoms with Crippen LogP contribution in [0.3, 0.4) is 0 Å². The molecular formula is C19H34N4O2. The van der Waals surface area contributed by atoms with Gasteiger partial charge in [0.1, 0.15) is 0 Å². The lowest BCUT2D eigenvalue weighted by Gasteiger charge is -2.40. The van der Waals surface area contributed by atoms with Gasteiger partial charge in [0.2, 0.25) is 11.8 Å². The van der Waals surface area contributed by atoms with Gasteiger partial charge in [-0.1, -0.05) is 0 Å². The van der Waals surface area contributed by atoms with E-state index < -0.39 is 0 Å². The number of hydrogen-bond acceptors (Lipinski definition) is 4. The first-order chi connectivity index (χ1) is 12.1. The summed E-state index contributed by atoms with van der Waals surface area (Å²) in [6.07, 6.45) is 7.09. The zero-order valence-corrected chi connectivity index (χ0v) is 15.8. The number of carbonyl (C=O) groups is 2. The van der Waals surface area contributed by atoms with Crippen LogP contribution in [-0.4, -0.2) is 96.4 Å². The molecule has 1 atom stereocenters. The Hall–Kier alpha value is -1.14. The zero-order valence-electron chi connectivity index (χ0n) is 15.8. The van der Waals surface area contributed by atoms with E-state index in [0.29, 0.717) is 6.54 Å². The molecule has 2 amide bonds. The number of amides is 2. The van der Waals surface area contributed by atoms with E-state index in [1.165, 1.54) is 12.8 Å². The predicted octanol–water partition coefficient (Wildman–Crippen LogP) is 1.02. The maximum atomic E-state index is 12.7. The molecule has 3 fully saturated rings. The van der Waals surface area contributed by atoms with Crippen LogP contribution in [0.2, 0.25) is 0 Å². The van der Waals surface area contributed by atoms with E-state index in [9.17, 15) is 9.59 Å². The zero-order chi connectivity index (χ0) is 17.6. The van der Waals surface area contributed by atoms with Crippen molar-refractivity contribution in [3.8, 4) is 0 Å². The predicted molar refractivity (Wildman–Crippen MR) is 98.3 cm³/mol. The molecule has 6 nitrogen and oxygen atoms in total. The van der Waals surface area contributed by atoms with Crippen molar-refractivity contribution >= 4 is 11.8 Å². The Kier molecular flexibility index (Phi) is 6.70. The Bertz CT molecular complexity index is 450. The maximum Gasteiger partial charge on any atom is 0.239 e. The highest BCUT2D eigenvalue weighted by Gasteiger charge is 2.30. The van der Waals surface area contributed by atoms with Gasteiger partial charge < -0.3 is 9.80 Å². The van der Waals surface area contributed by atoms with Crippen molar-refractivity contribution < 1.29 is 9.59 Å². The number of hydrogen-bond donors (Lipinski definition) is 0. The fraction of sp³-hybridized carbons (Fsp3) is 0.895. The normalized spacial score (nSPS) is 25.0. The third kappa shape index (κ3) is 4.94. The Morgan fingerprint density at radius 3 is 1.80 bits per heavy atom. The van der Waals surface area contributed by atoms with E-state index in [4.69, 9.17) is 0 Å². The number of rotatable bonds is 4. The van der Waals surface area contributed by atoms with E-state index in [-0.39, 0.29) is 17.9 Å². The highest BCUT2D eigenvalue weighted by molar-refractivity contribution is 5.81. The van der Waals surface area contributed by atoms with Crippen LogP contribution in [0.4, 0.5) is 0 Å². The van der Waals surface area contributed by atoms with Gasteiger partial charge in [0, 0.05) is 52.4 Å². The van der Waals surface area contributed by atoms with Crippen LogP contribution in [-0.2, 0) is 9.59 Å². The van der Waals surface area contributed by atoms with Crippen LogP contribution in [0.25, 0.3) is 0 Å². The van der Waals surface area contributed by atoms with Crippen LogP contribution in [0.1, 0.15) is 45.4 Å². The molecule has 142 valence electrons. The topological polar surface area (TPSA) is 47.1 Å². The van der Waals surface area contributed by atoms with Gasteiger partial charge in [-0.2, -0.15) is 0 Å². The Morgan fingerprint density at radius 1 is 0.720 bits per heavy atom. The van der Waals surface area contributed by atoms with Crippen molar-refractivity contribution in [1.82, 2.24) is 19.6 Å². The van der Waals surface area contributed by atoms with E-state index in [2.05, 4.69) is 9.80 Å². The second-order valence-corrected chi connectivity index (χ2v) is 7.82. The number of nitrogens with zero attached hydrogens (tertiary/aromatic N) is 4. The summed E-state index contributed by atoms with van der Waals surface area (Å²) in [5.41, 5.74) is 0. The molecule has 0 bridgehead atoms. The highest BCUT2D eigenvalue weighted by atomic mass is 16.2. The van der Waals surface area contributed by atoms with Crippen LogP contribution < -0.4 is 0 Å². The third-order valence-corrected chi connectivity index (χ3v) is 6.05. The van der Waals surface area contributed by atoms with Gasteiger partial charge in [-0.05, 0) is 45.4 Å². The summed E-state index contributed by atoms with van der Waals surface area (Å²) < 4.78 is 0. The van der Waals surface area contributed by atoms with Crippen molar-refractivity contribution in [3.05, 3.63) is 0 Å². The molecule has 3 aliphatic rings. The first kappa shape index (κ1) is 18.6. The molecule has 0 saturated carbocycles. The smallest absolute Gasteiger partial charge is 0.239 e. The fourth-order valence-corrected chi connectivity index (χ4v) is 4.28. The molecule has 0 radical (unpaired) electrons.